The van der Waals surface area contributed by atoms with Crippen molar-refractivity contribution in [1.29, 1.82) is 0 Å². The average Bonchev–Trinajstić information content (AvgIpc) is 2.35. The third kappa shape index (κ3) is 2.10. The van der Waals surface area contributed by atoms with Gasteiger partial charge in [-0.2, -0.15) is 0 Å². The van der Waals surface area contributed by atoms with Crippen molar-refractivity contribution in [2.75, 3.05) is 0 Å². The lowest BCUT2D eigenvalue weighted by Gasteiger charge is -2.11. The summed E-state index contributed by atoms with van der Waals surface area (Å²) in [4.78, 5) is 2.75. The van der Waals surface area contributed by atoms with Gasteiger partial charge in [0.05, 0.1) is 13.1 Å². The Hall–Kier alpha value is -0.773. The molecule has 1 heterocycles. The lowest BCUT2D eigenvalue weighted by atomic mass is 10.6. The van der Waals surface area contributed by atoms with Crippen molar-refractivity contribution in [3.8, 4) is 0 Å². The van der Waals surface area contributed by atoms with E-state index in [1.165, 1.54) is 4.50 Å². The van der Waals surface area contributed by atoms with Crippen LogP contribution in [-0.4, -0.2) is 8.07 Å². The van der Waals surface area contributed by atoms with E-state index >= 15 is 0 Å². The molecule has 1 aromatic rings. The summed E-state index contributed by atoms with van der Waals surface area (Å²) in [5.74, 6) is 0. The van der Waals surface area contributed by atoms with Gasteiger partial charge in [0, 0.05) is 4.91 Å². The number of hydrogen-bond acceptors (Lipinski definition) is 2. The topological polar surface area (TPSA) is 48.8 Å². The van der Waals surface area contributed by atoms with Gasteiger partial charge in [0.2, 0.25) is 0 Å². The van der Waals surface area contributed by atoms with E-state index in [-0.39, 0.29) is 0 Å². The first-order valence-electron chi connectivity index (χ1n) is 3.69. The molecule has 0 bridgehead atoms. The van der Waals surface area contributed by atoms with Crippen LogP contribution in [0.3, 0.4) is 0 Å². The fraction of sp³-hybridized carbons (Fsp3) is 0.429. The molecule has 0 N–H and O–H groups in total. The van der Waals surface area contributed by atoms with Crippen LogP contribution in [0.4, 0.5) is 5.00 Å². The Morgan fingerprint density at radius 3 is 2.50 bits per heavy atom. The van der Waals surface area contributed by atoms with Gasteiger partial charge in [0.15, 0.2) is 0 Å². The van der Waals surface area contributed by atoms with Gasteiger partial charge in [-0.05, 0) is 16.1 Å². The van der Waals surface area contributed by atoms with Gasteiger partial charge in [-0.1, -0.05) is 30.8 Å². The Kier molecular flexibility index (Phi) is 2.57. The molecule has 1 aromatic heterocycles. The standard InChI is InChI=1S/C7H11N3SSi/c1-12(2,3)7-5-4-6(11-7)9-10-8/h4-5H,1-3H3. The summed E-state index contributed by atoms with van der Waals surface area (Å²) in [6.07, 6.45) is 0. The summed E-state index contributed by atoms with van der Waals surface area (Å²) in [5.41, 5.74) is 8.21. The highest BCUT2D eigenvalue weighted by Gasteiger charge is 2.17. The van der Waals surface area contributed by atoms with Gasteiger partial charge in [-0.25, -0.2) is 0 Å². The lowest BCUT2D eigenvalue weighted by Crippen LogP contribution is -2.34. The van der Waals surface area contributed by atoms with Crippen molar-refractivity contribution in [1.82, 2.24) is 0 Å². The minimum absolute atomic E-state index is 0.773. The van der Waals surface area contributed by atoms with Crippen molar-refractivity contribution >= 4 is 28.9 Å². The van der Waals surface area contributed by atoms with E-state index in [9.17, 15) is 0 Å². The van der Waals surface area contributed by atoms with Crippen LogP contribution < -0.4 is 4.50 Å². The van der Waals surface area contributed by atoms with Crippen LogP contribution in [0.25, 0.3) is 10.4 Å². The third-order valence-electron chi connectivity index (χ3n) is 1.47. The molecule has 0 unspecified atom stereocenters. The molecule has 0 saturated carbocycles. The molecule has 0 aromatic carbocycles. The zero-order valence-electron chi connectivity index (χ0n) is 7.40. The molecule has 0 spiro atoms. The second kappa shape index (κ2) is 3.31. The van der Waals surface area contributed by atoms with Gasteiger partial charge >= 0.3 is 0 Å². The second-order valence-corrected chi connectivity index (χ2v) is 10.0. The fourth-order valence-corrected chi connectivity index (χ4v) is 3.53. The maximum atomic E-state index is 8.21. The molecule has 64 valence electrons. The van der Waals surface area contributed by atoms with E-state index < -0.39 is 8.07 Å². The highest BCUT2D eigenvalue weighted by atomic mass is 32.1. The van der Waals surface area contributed by atoms with Gasteiger partial charge < -0.3 is 0 Å². The lowest BCUT2D eigenvalue weighted by molar-refractivity contribution is 1.57. The van der Waals surface area contributed by atoms with Crippen LogP contribution in [0, 0.1) is 0 Å². The van der Waals surface area contributed by atoms with Gasteiger partial charge in [-0.3, -0.25) is 0 Å². The van der Waals surface area contributed by atoms with Gasteiger partial charge in [0.25, 0.3) is 0 Å². The zero-order valence-corrected chi connectivity index (χ0v) is 9.22. The summed E-state index contributed by atoms with van der Waals surface area (Å²) < 4.78 is 1.38. The summed E-state index contributed by atoms with van der Waals surface area (Å²) in [6.45, 7) is 6.83. The summed E-state index contributed by atoms with van der Waals surface area (Å²) in [5, 5.41) is 4.34. The van der Waals surface area contributed by atoms with Crippen molar-refractivity contribution in [2.45, 2.75) is 19.6 Å². The predicted molar refractivity (Wildman–Crippen MR) is 56.1 cm³/mol. The SMILES string of the molecule is C[Si](C)(C)c1ccc(N=[N+]=[N-])s1. The van der Waals surface area contributed by atoms with Crippen LogP contribution in [0.15, 0.2) is 17.2 Å². The summed E-state index contributed by atoms with van der Waals surface area (Å²) in [6, 6.07) is 3.96. The molecule has 0 saturated heterocycles. The van der Waals surface area contributed by atoms with Crippen LogP contribution in [-0.2, 0) is 0 Å². The number of azide groups is 1. The Bertz CT molecular complexity index is 320. The molecular weight excluding hydrogens is 186 g/mol. The second-order valence-electron chi connectivity index (χ2n) is 3.58. The van der Waals surface area contributed by atoms with Crippen molar-refractivity contribution in [3.05, 3.63) is 22.6 Å². The number of nitrogens with zero attached hydrogens (tertiary/aromatic N) is 3. The first kappa shape index (κ1) is 9.32. The molecule has 0 aliphatic carbocycles. The Balaban J connectivity index is 2.99. The number of thiophene rings is 1. The molecule has 1 rings (SSSR count). The van der Waals surface area contributed by atoms with Crippen LogP contribution in [0.2, 0.25) is 19.6 Å². The molecule has 0 aliphatic heterocycles. The minimum Gasteiger partial charge on any atom is -0.143 e. The van der Waals surface area contributed by atoms with E-state index in [1.807, 2.05) is 6.07 Å². The van der Waals surface area contributed by atoms with Crippen molar-refractivity contribution in [2.24, 2.45) is 5.11 Å². The molecular formula is C7H11N3SSi. The highest BCUT2D eigenvalue weighted by molar-refractivity contribution is 7.29. The summed E-state index contributed by atoms with van der Waals surface area (Å²) >= 11 is 1.61. The zero-order chi connectivity index (χ0) is 9.19. The Labute approximate surface area is 76.7 Å². The van der Waals surface area contributed by atoms with E-state index in [4.69, 9.17) is 5.53 Å². The third-order valence-corrected chi connectivity index (χ3v) is 6.05. The molecule has 5 heteroatoms. The Morgan fingerprint density at radius 2 is 2.08 bits per heavy atom. The molecule has 12 heavy (non-hydrogen) atoms. The maximum absolute atomic E-state index is 8.21. The van der Waals surface area contributed by atoms with Crippen LogP contribution in [0.5, 0.6) is 0 Å². The quantitative estimate of drug-likeness (QED) is 0.302. The van der Waals surface area contributed by atoms with Crippen LogP contribution in [0.1, 0.15) is 0 Å². The number of rotatable bonds is 2. The van der Waals surface area contributed by atoms with Crippen molar-refractivity contribution in [3.63, 3.8) is 0 Å². The first-order valence-corrected chi connectivity index (χ1v) is 8.01. The summed E-state index contributed by atoms with van der Waals surface area (Å²) in [7, 11) is -1.21. The molecule has 0 aliphatic rings. The molecule has 0 radical (unpaired) electrons. The van der Waals surface area contributed by atoms with Crippen molar-refractivity contribution < 1.29 is 0 Å². The fourth-order valence-electron chi connectivity index (χ4n) is 0.829. The van der Waals surface area contributed by atoms with E-state index in [0.717, 1.165) is 5.00 Å². The molecule has 0 atom stereocenters. The van der Waals surface area contributed by atoms with E-state index in [0.29, 0.717) is 0 Å². The predicted octanol–water partition coefficient (Wildman–Crippen LogP) is 3.24. The largest absolute Gasteiger partial charge is 0.143 e. The smallest absolute Gasteiger partial charge is 0.0904 e. The van der Waals surface area contributed by atoms with E-state index in [2.05, 4.69) is 35.7 Å². The molecule has 0 amide bonds. The Morgan fingerprint density at radius 1 is 1.42 bits per heavy atom. The highest BCUT2D eigenvalue weighted by Crippen LogP contribution is 2.20. The monoisotopic (exact) mass is 197 g/mol. The maximum Gasteiger partial charge on any atom is 0.0904 e. The van der Waals surface area contributed by atoms with Gasteiger partial charge in [-0.15, -0.1) is 11.3 Å². The molecule has 3 nitrogen and oxygen atoms in total. The number of hydrogen-bond donors (Lipinski definition) is 0. The van der Waals surface area contributed by atoms with Gasteiger partial charge in [0.1, 0.15) is 0 Å². The first-order chi connectivity index (χ1) is 5.54. The molecule has 0 fully saturated rings. The normalized spacial score (nSPS) is 10.9. The van der Waals surface area contributed by atoms with Crippen LogP contribution >= 0.6 is 11.3 Å². The minimum atomic E-state index is -1.21. The van der Waals surface area contributed by atoms with E-state index in [1.54, 1.807) is 11.3 Å². The average molecular weight is 197 g/mol.